The number of likely N-dealkylation sites (N-methyl/N-ethyl adjacent to an activating group) is 1. The molecule has 0 saturated carbocycles. The number of aliphatic hydroxyl groups is 1. The average Bonchev–Trinajstić information content (AvgIpc) is 2.45. The van der Waals surface area contributed by atoms with Gasteiger partial charge in [-0.25, -0.2) is 10.8 Å². The summed E-state index contributed by atoms with van der Waals surface area (Å²) in [4.78, 5) is 18.0. The topological polar surface area (TPSA) is 101 Å². The van der Waals surface area contributed by atoms with E-state index >= 15 is 0 Å². The highest BCUT2D eigenvalue weighted by Gasteiger charge is 2.17. The first-order valence-corrected chi connectivity index (χ1v) is 6.41. The molecule has 112 valence electrons. The van der Waals surface area contributed by atoms with Crippen molar-refractivity contribution in [2.24, 2.45) is 5.84 Å². The van der Waals surface area contributed by atoms with E-state index < -0.39 is 6.10 Å². The molecule has 7 nitrogen and oxygen atoms in total. The number of carbonyl (C=O) groups is 1. The fourth-order valence-corrected chi connectivity index (χ4v) is 1.83. The molecule has 0 radical (unpaired) electrons. The molecule has 0 aliphatic rings. The molecule has 0 bridgehead atoms. The standard InChI is InChI=1S/C13H22N4O3/c1-4-10-5-9(6-12(15-10)16-14)13(19)17(2)7-11(18)8-20-3/h5-6,11,18H,4,7-8,14H2,1-3H3,(H,15,16). The van der Waals surface area contributed by atoms with Gasteiger partial charge in [0.25, 0.3) is 5.91 Å². The number of aryl methyl sites for hydroxylation is 1. The second-order valence-corrected chi connectivity index (χ2v) is 4.53. The second kappa shape index (κ2) is 7.78. The van der Waals surface area contributed by atoms with Crippen LogP contribution < -0.4 is 11.3 Å². The Bertz CT molecular complexity index is 431. The number of methoxy groups -OCH3 is 1. The van der Waals surface area contributed by atoms with Crippen molar-refractivity contribution in [3.8, 4) is 0 Å². The Kier molecular flexibility index (Phi) is 6.37. The number of nitrogens with zero attached hydrogens (tertiary/aromatic N) is 2. The molecule has 0 saturated heterocycles. The van der Waals surface area contributed by atoms with Crippen LogP contribution in [0.5, 0.6) is 0 Å². The van der Waals surface area contributed by atoms with Gasteiger partial charge in [0, 0.05) is 32.0 Å². The van der Waals surface area contributed by atoms with Crippen LogP contribution in [0.1, 0.15) is 23.0 Å². The number of hydrogen-bond acceptors (Lipinski definition) is 6. The van der Waals surface area contributed by atoms with Crippen LogP contribution in [0.2, 0.25) is 0 Å². The Morgan fingerprint density at radius 2 is 2.30 bits per heavy atom. The first kappa shape index (κ1) is 16.4. The van der Waals surface area contributed by atoms with Gasteiger partial charge in [-0.15, -0.1) is 0 Å². The SMILES string of the molecule is CCc1cc(C(=O)N(C)CC(O)COC)cc(NN)n1. The first-order valence-electron chi connectivity index (χ1n) is 6.41. The number of carbonyl (C=O) groups excluding carboxylic acids is 1. The Morgan fingerprint density at radius 3 is 2.85 bits per heavy atom. The maximum atomic E-state index is 12.3. The van der Waals surface area contributed by atoms with E-state index in [0.717, 1.165) is 5.69 Å². The summed E-state index contributed by atoms with van der Waals surface area (Å²) >= 11 is 0. The number of anilines is 1. The minimum atomic E-state index is -0.714. The monoisotopic (exact) mass is 282 g/mol. The summed E-state index contributed by atoms with van der Waals surface area (Å²) in [6.07, 6.45) is -0.0141. The molecule has 0 aromatic carbocycles. The van der Waals surface area contributed by atoms with Crippen molar-refractivity contribution < 1.29 is 14.6 Å². The lowest BCUT2D eigenvalue weighted by atomic mass is 10.1. The smallest absolute Gasteiger partial charge is 0.253 e. The summed E-state index contributed by atoms with van der Waals surface area (Å²) in [6, 6.07) is 3.31. The third-order valence-corrected chi connectivity index (χ3v) is 2.83. The molecule has 1 rings (SSSR count). The average molecular weight is 282 g/mol. The van der Waals surface area contributed by atoms with Crippen molar-refractivity contribution in [3.63, 3.8) is 0 Å². The molecule has 7 heteroatoms. The Hall–Kier alpha value is -1.70. The van der Waals surface area contributed by atoms with Gasteiger partial charge in [-0.2, -0.15) is 0 Å². The lowest BCUT2D eigenvalue weighted by Gasteiger charge is -2.21. The van der Waals surface area contributed by atoms with E-state index in [4.69, 9.17) is 10.6 Å². The molecule has 0 spiro atoms. The van der Waals surface area contributed by atoms with Crippen LogP contribution in [0.25, 0.3) is 0 Å². The van der Waals surface area contributed by atoms with Gasteiger partial charge in [-0.3, -0.25) is 4.79 Å². The zero-order valence-corrected chi connectivity index (χ0v) is 12.1. The summed E-state index contributed by atoms with van der Waals surface area (Å²) < 4.78 is 4.84. The number of hydrazine groups is 1. The molecule has 0 aliphatic carbocycles. The van der Waals surface area contributed by atoms with Crippen molar-refractivity contribution >= 4 is 11.7 Å². The second-order valence-electron chi connectivity index (χ2n) is 4.53. The molecule has 20 heavy (non-hydrogen) atoms. The minimum absolute atomic E-state index is 0.184. The summed E-state index contributed by atoms with van der Waals surface area (Å²) in [5.74, 6) is 5.59. The van der Waals surface area contributed by atoms with Crippen LogP contribution in [-0.2, 0) is 11.2 Å². The van der Waals surface area contributed by atoms with Crippen LogP contribution in [0.15, 0.2) is 12.1 Å². The lowest BCUT2D eigenvalue weighted by Crippen LogP contribution is -2.36. The number of nitrogens with two attached hydrogens (primary N) is 1. The van der Waals surface area contributed by atoms with Crippen molar-refractivity contribution in [1.82, 2.24) is 9.88 Å². The van der Waals surface area contributed by atoms with Crippen LogP contribution in [0, 0.1) is 0 Å². The molecular weight excluding hydrogens is 260 g/mol. The highest BCUT2D eigenvalue weighted by atomic mass is 16.5. The number of aliphatic hydroxyl groups excluding tert-OH is 1. The highest BCUT2D eigenvalue weighted by Crippen LogP contribution is 2.12. The van der Waals surface area contributed by atoms with E-state index in [1.54, 1.807) is 19.2 Å². The molecule has 1 aromatic heterocycles. The number of rotatable bonds is 7. The number of nitrogens with one attached hydrogen (secondary N) is 1. The third kappa shape index (κ3) is 4.44. The van der Waals surface area contributed by atoms with Crippen molar-refractivity contribution in [1.29, 1.82) is 0 Å². The molecule has 0 fully saturated rings. The van der Waals surface area contributed by atoms with E-state index in [9.17, 15) is 9.90 Å². The van der Waals surface area contributed by atoms with E-state index in [2.05, 4.69) is 10.4 Å². The number of amides is 1. The molecule has 0 aliphatic heterocycles. The van der Waals surface area contributed by atoms with Gasteiger partial charge in [0.1, 0.15) is 5.82 Å². The number of nitrogen functional groups attached to an aromatic ring is 1. The lowest BCUT2D eigenvalue weighted by molar-refractivity contribution is 0.0380. The maximum absolute atomic E-state index is 12.3. The number of ether oxygens (including phenoxy) is 1. The highest BCUT2D eigenvalue weighted by molar-refractivity contribution is 5.94. The van der Waals surface area contributed by atoms with Gasteiger partial charge in [-0.05, 0) is 18.6 Å². The Labute approximate surface area is 118 Å². The Morgan fingerprint density at radius 1 is 1.60 bits per heavy atom. The molecule has 1 atom stereocenters. The Balaban J connectivity index is 2.85. The summed E-state index contributed by atoms with van der Waals surface area (Å²) in [5.41, 5.74) is 3.70. The van der Waals surface area contributed by atoms with E-state index in [1.165, 1.54) is 12.0 Å². The van der Waals surface area contributed by atoms with Gasteiger partial charge in [0.05, 0.1) is 12.7 Å². The molecule has 1 heterocycles. The molecule has 4 N–H and O–H groups in total. The van der Waals surface area contributed by atoms with Gasteiger partial charge in [0.2, 0.25) is 0 Å². The maximum Gasteiger partial charge on any atom is 0.253 e. The zero-order chi connectivity index (χ0) is 15.1. The van der Waals surface area contributed by atoms with Gasteiger partial charge >= 0.3 is 0 Å². The number of aromatic nitrogens is 1. The van der Waals surface area contributed by atoms with Crippen molar-refractivity contribution in [3.05, 3.63) is 23.4 Å². The van der Waals surface area contributed by atoms with Crippen LogP contribution in [-0.4, -0.2) is 54.3 Å². The number of hydrogen-bond donors (Lipinski definition) is 3. The van der Waals surface area contributed by atoms with E-state index in [1.807, 2.05) is 6.92 Å². The van der Waals surface area contributed by atoms with E-state index in [-0.39, 0.29) is 19.1 Å². The zero-order valence-electron chi connectivity index (χ0n) is 12.1. The predicted octanol–water partition coefficient (Wildman–Crippen LogP) is 0.00890. The number of pyridine rings is 1. The minimum Gasteiger partial charge on any atom is -0.389 e. The summed E-state index contributed by atoms with van der Waals surface area (Å²) in [6.45, 7) is 2.33. The molecule has 1 amide bonds. The summed E-state index contributed by atoms with van der Waals surface area (Å²) in [5, 5.41) is 9.65. The van der Waals surface area contributed by atoms with Crippen molar-refractivity contribution in [2.45, 2.75) is 19.4 Å². The molecule has 1 aromatic rings. The van der Waals surface area contributed by atoms with Crippen LogP contribution >= 0.6 is 0 Å². The largest absolute Gasteiger partial charge is 0.389 e. The van der Waals surface area contributed by atoms with Gasteiger partial charge in [-0.1, -0.05) is 6.92 Å². The van der Waals surface area contributed by atoms with Gasteiger partial charge in [0.15, 0.2) is 0 Å². The summed E-state index contributed by atoms with van der Waals surface area (Å²) in [7, 11) is 3.13. The first-order chi connectivity index (χ1) is 9.51. The predicted molar refractivity (Wildman–Crippen MR) is 76.3 cm³/mol. The fraction of sp³-hybridized carbons (Fsp3) is 0.538. The molecular formula is C13H22N4O3. The van der Waals surface area contributed by atoms with Crippen molar-refractivity contribution in [2.75, 3.05) is 32.7 Å². The third-order valence-electron chi connectivity index (χ3n) is 2.83. The van der Waals surface area contributed by atoms with Gasteiger partial charge < -0.3 is 20.2 Å². The van der Waals surface area contributed by atoms with Crippen LogP contribution in [0.4, 0.5) is 5.82 Å². The van der Waals surface area contributed by atoms with Crippen LogP contribution in [0.3, 0.4) is 0 Å². The molecule has 1 unspecified atom stereocenters. The fourth-order valence-electron chi connectivity index (χ4n) is 1.83. The quantitative estimate of drug-likeness (QED) is 0.481. The van der Waals surface area contributed by atoms with E-state index in [0.29, 0.717) is 17.8 Å². The normalized spacial score (nSPS) is 12.1.